The lowest BCUT2D eigenvalue weighted by atomic mass is 10.2. The van der Waals surface area contributed by atoms with E-state index in [4.69, 9.17) is 23.2 Å². The number of hydrogen-bond acceptors (Lipinski definition) is 5. The molecule has 0 unspecified atom stereocenters. The summed E-state index contributed by atoms with van der Waals surface area (Å²) in [6, 6.07) is 5.35. The average Bonchev–Trinajstić information content (AvgIpc) is 3.13. The van der Waals surface area contributed by atoms with Crippen LogP contribution in [0, 0.1) is 30.9 Å². The molecule has 0 radical (unpaired) electrons. The Kier molecular flexibility index (Phi) is 5.90. The fourth-order valence-electron chi connectivity index (χ4n) is 2.93. The number of nitrogens with one attached hydrogen (secondary N) is 1. The summed E-state index contributed by atoms with van der Waals surface area (Å²) >= 11 is 12.0. The molecule has 2 aromatic heterocycles. The van der Waals surface area contributed by atoms with Gasteiger partial charge in [-0.1, -0.05) is 29.3 Å². The fraction of sp³-hybridized carbons (Fsp3) is 0.278. The van der Waals surface area contributed by atoms with Gasteiger partial charge in [-0.2, -0.15) is 10.2 Å². The molecule has 0 aliphatic heterocycles. The van der Waals surface area contributed by atoms with Gasteiger partial charge in [-0.3, -0.25) is 24.3 Å². The van der Waals surface area contributed by atoms with Crippen LogP contribution in [0.1, 0.15) is 22.6 Å². The summed E-state index contributed by atoms with van der Waals surface area (Å²) in [6.45, 7) is 5.50. The SMILES string of the molecule is Cc1nn(Cc2ccc(Cl)c(Cl)c2)c(C)c1NC(=O)Cn1ncc([N+](=O)[O-])c1C. The minimum atomic E-state index is -0.530. The molecule has 2 heterocycles. The number of aryl methyl sites for hydroxylation is 1. The van der Waals surface area contributed by atoms with Gasteiger partial charge in [-0.05, 0) is 38.5 Å². The Morgan fingerprint density at radius 2 is 1.90 bits per heavy atom. The van der Waals surface area contributed by atoms with Crippen molar-refractivity contribution in [3.05, 3.63) is 67.2 Å². The Morgan fingerprint density at radius 1 is 1.17 bits per heavy atom. The van der Waals surface area contributed by atoms with Gasteiger partial charge in [0.2, 0.25) is 5.91 Å². The Bertz CT molecular complexity index is 1110. The highest BCUT2D eigenvalue weighted by atomic mass is 35.5. The third kappa shape index (κ3) is 4.41. The number of aromatic nitrogens is 4. The predicted octanol–water partition coefficient (Wildman–Crippen LogP) is 3.91. The van der Waals surface area contributed by atoms with Crippen LogP contribution in [0.15, 0.2) is 24.4 Å². The van der Waals surface area contributed by atoms with Crippen LogP contribution in [0.3, 0.4) is 0 Å². The number of rotatable bonds is 6. The van der Waals surface area contributed by atoms with E-state index in [0.29, 0.717) is 33.7 Å². The van der Waals surface area contributed by atoms with Crippen molar-refractivity contribution in [3.8, 4) is 0 Å². The number of nitro groups is 1. The van der Waals surface area contributed by atoms with Crippen molar-refractivity contribution in [1.82, 2.24) is 19.6 Å². The Hall–Kier alpha value is -2.91. The minimum absolute atomic E-state index is 0.125. The summed E-state index contributed by atoms with van der Waals surface area (Å²) < 4.78 is 3.05. The lowest BCUT2D eigenvalue weighted by Crippen LogP contribution is -2.21. The van der Waals surface area contributed by atoms with Crippen LogP contribution >= 0.6 is 23.2 Å². The standard InChI is InChI=1S/C18H18Cl2N6O3/c1-10-18(22-17(27)9-24-11(2)16(7-21-24)26(28)29)12(3)25(23-10)8-13-4-5-14(19)15(20)6-13/h4-7H,8-9H2,1-3H3,(H,22,27). The third-order valence-electron chi connectivity index (χ3n) is 4.53. The van der Waals surface area contributed by atoms with Gasteiger partial charge in [-0.25, -0.2) is 0 Å². The highest BCUT2D eigenvalue weighted by Crippen LogP contribution is 2.25. The topological polar surface area (TPSA) is 108 Å². The van der Waals surface area contributed by atoms with Crippen molar-refractivity contribution in [1.29, 1.82) is 0 Å². The smallest absolute Gasteiger partial charge is 0.309 e. The maximum absolute atomic E-state index is 12.5. The number of halogens is 2. The van der Waals surface area contributed by atoms with E-state index in [9.17, 15) is 14.9 Å². The second-order valence-electron chi connectivity index (χ2n) is 6.53. The van der Waals surface area contributed by atoms with Crippen molar-refractivity contribution in [2.24, 2.45) is 0 Å². The number of benzene rings is 1. The second kappa shape index (κ2) is 8.22. The number of carbonyl (C=O) groups is 1. The summed E-state index contributed by atoms with van der Waals surface area (Å²) in [5.74, 6) is -0.355. The molecule has 29 heavy (non-hydrogen) atoms. The van der Waals surface area contributed by atoms with E-state index in [1.807, 2.05) is 13.0 Å². The van der Waals surface area contributed by atoms with Crippen LogP contribution in [0.5, 0.6) is 0 Å². The van der Waals surface area contributed by atoms with Gasteiger partial charge >= 0.3 is 5.69 Å². The molecule has 11 heteroatoms. The molecule has 152 valence electrons. The summed E-state index contributed by atoms with van der Waals surface area (Å²) in [5.41, 5.74) is 3.12. The molecule has 0 aliphatic carbocycles. The van der Waals surface area contributed by atoms with E-state index in [0.717, 1.165) is 17.5 Å². The van der Waals surface area contributed by atoms with Crippen LogP contribution < -0.4 is 5.32 Å². The van der Waals surface area contributed by atoms with Crippen molar-refractivity contribution in [2.45, 2.75) is 33.9 Å². The molecule has 3 rings (SSSR count). The lowest BCUT2D eigenvalue weighted by molar-refractivity contribution is -0.385. The molecule has 0 atom stereocenters. The van der Waals surface area contributed by atoms with Crippen molar-refractivity contribution in [2.75, 3.05) is 5.32 Å². The normalized spacial score (nSPS) is 10.9. The van der Waals surface area contributed by atoms with Gasteiger partial charge in [-0.15, -0.1) is 0 Å². The van der Waals surface area contributed by atoms with Crippen molar-refractivity contribution >= 4 is 40.5 Å². The summed E-state index contributed by atoms with van der Waals surface area (Å²) in [5, 5.41) is 23.1. The first-order valence-corrected chi connectivity index (χ1v) is 9.37. The second-order valence-corrected chi connectivity index (χ2v) is 7.34. The highest BCUT2D eigenvalue weighted by Gasteiger charge is 2.19. The zero-order chi connectivity index (χ0) is 21.3. The number of anilines is 1. The maximum atomic E-state index is 12.5. The quantitative estimate of drug-likeness (QED) is 0.465. The van der Waals surface area contributed by atoms with Crippen molar-refractivity contribution < 1.29 is 9.72 Å². The Balaban J connectivity index is 1.75. The van der Waals surface area contributed by atoms with Gasteiger partial charge in [0.1, 0.15) is 18.4 Å². The first kappa shape index (κ1) is 20.8. The molecule has 3 aromatic rings. The van der Waals surface area contributed by atoms with Gasteiger partial charge in [0.25, 0.3) is 0 Å². The number of hydrogen-bond donors (Lipinski definition) is 1. The minimum Gasteiger partial charge on any atom is -0.321 e. The molecule has 0 saturated carbocycles. The third-order valence-corrected chi connectivity index (χ3v) is 5.27. The average molecular weight is 437 g/mol. The summed E-state index contributed by atoms with van der Waals surface area (Å²) in [7, 11) is 0. The molecule has 0 saturated heterocycles. The van der Waals surface area contributed by atoms with Gasteiger partial charge in [0.05, 0.1) is 38.6 Å². The largest absolute Gasteiger partial charge is 0.321 e. The van der Waals surface area contributed by atoms with E-state index in [2.05, 4.69) is 15.5 Å². The monoisotopic (exact) mass is 436 g/mol. The van der Waals surface area contributed by atoms with E-state index in [1.54, 1.807) is 30.7 Å². The van der Waals surface area contributed by atoms with Gasteiger partial charge in [0, 0.05) is 0 Å². The molecule has 0 fully saturated rings. The Morgan fingerprint density at radius 3 is 2.52 bits per heavy atom. The first-order valence-electron chi connectivity index (χ1n) is 8.62. The molecular formula is C18H18Cl2N6O3. The summed E-state index contributed by atoms with van der Waals surface area (Å²) in [6.07, 6.45) is 1.13. The van der Waals surface area contributed by atoms with Crippen molar-refractivity contribution in [3.63, 3.8) is 0 Å². The number of carbonyl (C=O) groups excluding carboxylic acids is 1. The van der Waals surface area contributed by atoms with E-state index >= 15 is 0 Å². The number of nitrogens with zero attached hydrogens (tertiary/aromatic N) is 5. The van der Waals surface area contributed by atoms with Gasteiger partial charge < -0.3 is 5.32 Å². The van der Waals surface area contributed by atoms with E-state index in [1.165, 1.54) is 4.68 Å². The van der Waals surface area contributed by atoms with Crippen LogP contribution in [0.25, 0.3) is 0 Å². The van der Waals surface area contributed by atoms with Gasteiger partial charge in [0.15, 0.2) is 0 Å². The molecule has 9 nitrogen and oxygen atoms in total. The van der Waals surface area contributed by atoms with E-state index < -0.39 is 4.92 Å². The maximum Gasteiger partial charge on any atom is 0.309 e. The molecule has 1 N–H and O–H groups in total. The number of amides is 1. The molecule has 0 bridgehead atoms. The fourth-order valence-corrected chi connectivity index (χ4v) is 3.25. The zero-order valence-corrected chi connectivity index (χ0v) is 17.5. The molecule has 0 spiro atoms. The van der Waals surface area contributed by atoms with E-state index in [-0.39, 0.29) is 18.1 Å². The van der Waals surface area contributed by atoms with Crippen LogP contribution in [-0.4, -0.2) is 30.4 Å². The first-order chi connectivity index (χ1) is 13.7. The summed E-state index contributed by atoms with van der Waals surface area (Å²) in [4.78, 5) is 22.8. The molecule has 1 amide bonds. The zero-order valence-electron chi connectivity index (χ0n) is 15.9. The van der Waals surface area contributed by atoms with Crippen LogP contribution in [-0.2, 0) is 17.9 Å². The lowest BCUT2D eigenvalue weighted by Gasteiger charge is -2.08. The predicted molar refractivity (Wildman–Crippen MR) is 110 cm³/mol. The Labute approximate surface area is 176 Å². The molecule has 0 aliphatic rings. The molecule has 1 aromatic carbocycles. The molecular weight excluding hydrogens is 419 g/mol. The highest BCUT2D eigenvalue weighted by molar-refractivity contribution is 6.42. The van der Waals surface area contributed by atoms with Crippen LogP contribution in [0.4, 0.5) is 11.4 Å². The van der Waals surface area contributed by atoms with Crippen LogP contribution in [0.2, 0.25) is 10.0 Å².